The van der Waals surface area contributed by atoms with Gasteiger partial charge in [-0.1, -0.05) is 29.8 Å². The van der Waals surface area contributed by atoms with E-state index < -0.39 is 0 Å². The van der Waals surface area contributed by atoms with Gasteiger partial charge in [-0.05, 0) is 24.7 Å². The Hall–Kier alpha value is 0.110. The molecule has 0 radical (unpaired) electrons. The van der Waals surface area contributed by atoms with Crippen LogP contribution in [0.2, 0.25) is 0 Å². The minimum absolute atomic E-state index is 0.764. The molecule has 1 atom stereocenters. The van der Waals surface area contributed by atoms with Crippen molar-refractivity contribution in [3.63, 3.8) is 0 Å². The number of alkyl halides is 1. The van der Waals surface area contributed by atoms with Crippen molar-refractivity contribution in [2.75, 3.05) is 5.33 Å². The molecule has 1 nitrogen and oxygen atoms in total. The zero-order valence-electron chi connectivity index (χ0n) is 8.16. The van der Waals surface area contributed by atoms with Crippen LogP contribution in [0.1, 0.15) is 25.1 Å². The first-order chi connectivity index (χ1) is 6.22. The summed E-state index contributed by atoms with van der Waals surface area (Å²) >= 11 is 5.34. The minimum Gasteiger partial charge on any atom is -0.253 e. The second kappa shape index (κ2) is 5.76. The molecular formula is C10H16BrNS. The van der Waals surface area contributed by atoms with Gasteiger partial charge in [-0.2, -0.15) is 0 Å². The highest BCUT2D eigenvalue weighted by Gasteiger charge is 2.10. The molecular weight excluding hydrogens is 246 g/mol. The van der Waals surface area contributed by atoms with E-state index in [1.165, 1.54) is 17.7 Å². The number of hydrogen-bond acceptors (Lipinski definition) is 2. The van der Waals surface area contributed by atoms with Crippen LogP contribution in [0.3, 0.4) is 0 Å². The molecule has 0 fully saturated rings. The standard InChI is InChI=1S/C10H16BrNS/c1-8(2)3-9(5-11)4-10-6-12-7-13-10/h6-9H,3-5H2,1-2H3. The maximum absolute atomic E-state index is 4.09. The van der Waals surface area contributed by atoms with Crippen LogP contribution >= 0.6 is 27.3 Å². The second-order valence-electron chi connectivity index (χ2n) is 3.82. The van der Waals surface area contributed by atoms with Crippen molar-refractivity contribution in [3.8, 4) is 0 Å². The Bertz CT molecular complexity index is 221. The lowest BCUT2D eigenvalue weighted by Gasteiger charge is -2.14. The van der Waals surface area contributed by atoms with Gasteiger partial charge < -0.3 is 0 Å². The molecule has 3 heteroatoms. The summed E-state index contributed by atoms with van der Waals surface area (Å²) in [6.07, 6.45) is 4.46. The highest BCUT2D eigenvalue weighted by Crippen LogP contribution is 2.20. The molecule has 0 aromatic carbocycles. The summed E-state index contributed by atoms with van der Waals surface area (Å²) in [5.74, 6) is 1.55. The van der Waals surface area contributed by atoms with E-state index in [9.17, 15) is 0 Å². The molecule has 0 bridgehead atoms. The number of rotatable bonds is 5. The molecule has 0 aliphatic carbocycles. The van der Waals surface area contributed by atoms with Crippen molar-refractivity contribution in [2.45, 2.75) is 26.7 Å². The van der Waals surface area contributed by atoms with Crippen LogP contribution in [0.4, 0.5) is 0 Å². The first kappa shape index (κ1) is 11.2. The Morgan fingerprint density at radius 3 is 2.77 bits per heavy atom. The molecule has 0 N–H and O–H groups in total. The van der Waals surface area contributed by atoms with Crippen LogP contribution in [-0.2, 0) is 6.42 Å². The third-order valence-corrected chi connectivity index (χ3v) is 3.71. The Morgan fingerprint density at radius 2 is 2.31 bits per heavy atom. The molecule has 0 saturated carbocycles. The van der Waals surface area contributed by atoms with Gasteiger partial charge in [0.15, 0.2) is 0 Å². The molecule has 1 heterocycles. The third kappa shape index (κ3) is 4.23. The quantitative estimate of drug-likeness (QED) is 0.736. The summed E-state index contributed by atoms with van der Waals surface area (Å²) < 4.78 is 0. The van der Waals surface area contributed by atoms with Crippen molar-refractivity contribution in [2.24, 2.45) is 11.8 Å². The van der Waals surface area contributed by atoms with E-state index in [0.29, 0.717) is 0 Å². The van der Waals surface area contributed by atoms with Crippen LogP contribution in [0.5, 0.6) is 0 Å². The van der Waals surface area contributed by atoms with Gasteiger partial charge in [0.2, 0.25) is 0 Å². The highest BCUT2D eigenvalue weighted by atomic mass is 79.9. The maximum atomic E-state index is 4.09. The molecule has 1 unspecified atom stereocenters. The van der Waals surface area contributed by atoms with E-state index >= 15 is 0 Å². The molecule has 0 saturated heterocycles. The Kier molecular flexibility index (Phi) is 4.96. The monoisotopic (exact) mass is 261 g/mol. The molecule has 1 aromatic rings. The Labute approximate surface area is 92.7 Å². The average Bonchev–Trinajstić information content (AvgIpc) is 2.55. The third-order valence-electron chi connectivity index (χ3n) is 2.00. The molecule has 0 spiro atoms. The number of thiazole rings is 1. The number of hydrogen-bond donors (Lipinski definition) is 0. The van der Waals surface area contributed by atoms with Gasteiger partial charge in [-0.3, -0.25) is 4.98 Å². The van der Waals surface area contributed by atoms with Crippen LogP contribution in [0.15, 0.2) is 11.7 Å². The predicted molar refractivity (Wildman–Crippen MR) is 62.6 cm³/mol. The van der Waals surface area contributed by atoms with E-state index in [-0.39, 0.29) is 0 Å². The van der Waals surface area contributed by atoms with E-state index in [1.807, 2.05) is 11.7 Å². The van der Waals surface area contributed by atoms with E-state index in [2.05, 4.69) is 34.8 Å². The molecule has 13 heavy (non-hydrogen) atoms. The van der Waals surface area contributed by atoms with Crippen LogP contribution in [0, 0.1) is 11.8 Å². The Balaban J connectivity index is 2.40. The van der Waals surface area contributed by atoms with E-state index in [0.717, 1.165) is 17.2 Å². The predicted octanol–water partition coefficient (Wildman–Crippen LogP) is 3.74. The second-order valence-corrected chi connectivity index (χ2v) is 5.44. The molecule has 0 amide bonds. The van der Waals surface area contributed by atoms with Crippen LogP contribution < -0.4 is 0 Å². The van der Waals surface area contributed by atoms with Gasteiger partial charge in [0, 0.05) is 16.4 Å². The molecule has 0 aliphatic heterocycles. The summed E-state index contributed by atoms with van der Waals surface area (Å²) in [6, 6.07) is 0. The first-order valence-corrected chi connectivity index (χ1v) is 6.65. The maximum Gasteiger partial charge on any atom is 0.0794 e. The summed E-state index contributed by atoms with van der Waals surface area (Å²) in [7, 11) is 0. The van der Waals surface area contributed by atoms with Crippen molar-refractivity contribution in [1.29, 1.82) is 0 Å². The lowest BCUT2D eigenvalue weighted by molar-refractivity contribution is 0.447. The molecule has 1 rings (SSSR count). The van der Waals surface area contributed by atoms with Gasteiger partial charge in [-0.25, -0.2) is 0 Å². The van der Waals surface area contributed by atoms with Crippen molar-refractivity contribution < 1.29 is 0 Å². The van der Waals surface area contributed by atoms with Crippen LogP contribution in [-0.4, -0.2) is 10.3 Å². The number of nitrogens with zero attached hydrogens (tertiary/aromatic N) is 1. The highest BCUT2D eigenvalue weighted by molar-refractivity contribution is 9.09. The van der Waals surface area contributed by atoms with Crippen molar-refractivity contribution in [3.05, 3.63) is 16.6 Å². The summed E-state index contributed by atoms with van der Waals surface area (Å²) in [5.41, 5.74) is 1.91. The van der Waals surface area contributed by atoms with Crippen molar-refractivity contribution in [1.82, 2.24) is 4.98 Å². The molecule has 0 aliphatic rings. The lowest BCUT2D eigenvalue weighted by Crippen LogP contribution is -2.08. The molecule has 1 aromatic heterocycles. The minimum atomic E-state index is 0.764. The van der Waals surface area contributed by atoms with Gasteiger partial charge in [0.25, 0.3) is 0 Å². The summed E-state index contributed by atoms with van der Waals surface area (Å²) in [6.45, 7) is 4.56. The van der Waals surface area contributed by atoms with Gasteiger partial charge in [0.05, 0.1) is 5.51 Å². The summed E-state index contributed by atoms with van der Waals surface area (Å²) in [5, 5.41) is 1.10. The summed E-state index contributed by atoms with van der Waals surface area (Å²) in [4.78, 5) is 5.50. The zero-order chi connectivity index (χ0) is 9.68. The average molecular weight is 262 g/mol. The zero-order valence-corrected chi connectivity index (χ0v) is 10.6. The van der Waals surface area contributed by atoms with E-state index in [1.54, 1.807) is 11.3 Å². The fourth-order valence-corrected chi connectivity index (χ4v) is 2.70. The SMILES string of the molecule is CC(C)CC(CBr)Cc1cncs1. The largest absolute Gasteiger partial charge is 0.253 e. The van der Waals surface area contributed by atoms with E-state index in [4.69, 9.17) is 0 Å². The fourth-order valence-electron chi connectivity index (χ4n) is 1.50. The molecule has 74 valence electrons. The van der Waals surface area contributed by atoms with Gasteiger partial charge >= 0.3 is 0 Å². The first-order valence-electron chi connectivity index (χ1n) is 4.65. The van der Waals surface area contributed by atoms with Gasteiger partial charge in [0.1, 0.15) is 0 Å². The van der Waals surface area contributed by atoms with Crippen molar-refractivity contribution >= 4 is 27.3 Å². The number of halogens is 1. The lowest BCUT2D eigenvalue weighted by atomic mass is 9.96. The fraction of sp³-hybridized carbons (Fsp3) is 0.700. The normalized spacial score (nSPS) is 13.5. The Morgan fingerprint density at radius 1 is 1.54 bits per heavy atom. The van der Waals surface area contributed by atoms with Crippen LogP contribution in [0.25, 0.3) is 0 Å². The van der Waals surface area contributed by atoms with Gasteiger partial charge in [-0.15, -0.1) is 11.3 Å². The topological polar surface area (TPSA) is 12.9 Å². The number of aromatic nitrogens is 1. The smallest absolute Gasteiger partial charge is 0.0794 e.